The lowest BCUT2D eigenvalue weighted by Crippen LogP contribution is -2.19. The highest BCUT2D eigenvalue weighted by atomic mass is 32.2. The van der Waals surface area contributed by atoms with Crippen molar-refractivity contribution in [2.24, 2.45) is 5.10 Å². The molecular formula is C13H14N2O2S. The largest absolute Gasteiger partial charge is 0.277 e. The predicted octanol–water partition coefficient (Wildman–Crippen LogP) is 2.51. The fraction of sp³-hybridized carbons (Fsp3) is 0.154. The van der Waals surface area contributed by atoms with E-state index in [4.69, 9.17) is 0 Å². The average molecular weight is 262 g/mol. The summed E-state index contributed by atoms with van der Waals surface area (Å²) in [6.07, 6.45) is 0. The van der Waals surface area contributed by atoms with Crippen LogP contribution in [0.2, 0.25) is 0 Å². The molecule has 0 saturated heterocycles. The number of rotatable bonds is 3. The summed E-state index contributed by atoms with van der Waals surface area (Å²) in [5, 5.41) is 5.34. The lowest BCUT2D eigenvalue weighted by atomic mass is 10.1. The molecule has 0 saturated carbocycles. The lowest BCUT2D eigenvalue weighted by molar-refractivity contribution is 0.585. The summed E-state index contributed by atoms with van der Waals surface area (Å²) >= 11 is 0. The molecule has 2 aromatic carbocycles. The summed E-state index contributed by atoms with van der Waals surface area (Å²) in [5.74, 6) is 0. The molecule has 0 spiro atoms. The van der Waals surface area contributed by atoms with Crippen LogP contribution in [0, 0.1) is 0 Å². The zero-order valence-corrected chi connectivity index (χ0v) is 11.0. The minimum absolute atomic E-state index is 0.241. The number of hydrazone groups is 1. The molecule has 0 aliphatic rings. The Kier molecular flexibility index (Phi) is 3.34. The first-order chi connectivity index (χ1) is 8.50. The third-order valence-electron chi connectivity index (χ3n) is 2.43. The van der Waals surface area contributed by atoms with E-state index in [1.807, 2.05) is 24.3 Å². The van der Waals surface area contributed by atoms with Crippen molar-refractivity contribution in [1.82, 2.24) is 4.83 Å². The molecular weight excluding hydrogens is 248 g/mol. The van der Waals surface area contributed by atoms with Gasteiger partial charge in [0, 0.05) is 11.1 Å². The fourth-order valence-corrected chi connectivity index (χ4v) is 2.76. The molecule has 2 rings (SSSR count). The zero-order chi connectivity index (χ0) is 13.2. The third kappa shape index (κ3) is 2.51. The number of benzene rings is 2. The Balaban J connectivity index is 2.57. The maximum absolute atomic E-state index is 12.1. The number of fused-ring (bicyclic) bond motifs is 1. The van der Waals surface area contributed by atoms with Gasteiger partial charge >= 0.3 is 0 Å². The second-order valence-corrected chi connectivity index (χ2v) is 5.76. The summed E-state index contributed by atoms with van der Waals surface area (Å²) in [5.41, 5.74) is 0.652. The van der Waals surface area contributed by atoms with Crippen LogP contribution in [0.3, 0.4) is 0 Å². The molecule has 0 radical (unpaired) electrons. The highest BCUT2D eigenvalue weighted by Gasteiger charge is 2.15. The Hall–Kier alpha value is -1.88. The van der Waals surface area contributed by atoms with Crippen molar-refractivity contribution in [2.45, 2.75) is 18.7 Å². The fourth-order valence-electron chi connectivity index (χ4n) is 1.63. The lowest BCUT2D eigenvalue weighted by Gasteiger charge is -2.07. The van der Waals surface area contributed by atoms with Crippen LogP contribution in [-0.4, -0.2) is 14.1 Å². The number of nitrogens with one attached hydrogen (secondary N) is 1. The summed E-state index contributed by atoms with van der Waals surface area (Å²) < 4.78 is 24.3. The second kappa shape index (κ2) is 4.78. The minimum Gasteiger partial charge on any atom is -0.200 e. The van der Waals surface area contributed by atoms with E-state index in [0.717, 1.165) is 5.39 Å². The predicted molar refractivity (Wildman–Crippen MR) is 73.1 cm³/mol. The van der Waals surface area contributed by atoms with E-state index in [9.17, 15) is 8.42 Å². The monoisotopic (exact) mass is 262 g/mol. The van der Waals surface area contributed by atoms with E-state index in [1.54, 1.807) is 32.0 Å². The summed E-state index contributed by atoms with van der Waals surface area (Å²) in [6.45, 7) is 3.46. The van der Waals surface area contributed by atoms with Crippen molar-refractivity contribution in [2.75, 3.05) is 0 Å². The van der Waals surface area contributed by atoms with Gasteiger partial charge in [0.2, 0.25) is 0 Å². The van der Waals surface area contributed by atoms with Crippen molar-refractivity contribution in [3.05, 3.63) is 42.5 Å². The van der Waals surface area contributed by atoms with Gasteiger partial charge in [0.15, 0.2) is 0 Å². The van der Waals surface area contributed by atoms with Crippen molar-refractivity contribution >= 4 is 26.5 Å². The molecule has 94 valence electrons. The van der Waals surface area contributed by atoms with Gasteiger partial charge < -0.3 is 0 Å². The van der Waals surface area contributed by atoms with Gasteiger partial charge in [0.05, 0.1) is 4.90 Å². The van der Waals surface area contributed by atoms with E-state index in [0.29, 0.717) is 11.1 Å². The molecule has 0 amide bonds. The Bertz CT molecular complexity index is 697. The average Bonchev–Trinajstić information content (AvgIpc) is 2.36. The molecule has 4 nitrogen and oxygen atoms in total. The Labute approximate surface area is 106 Å². The highest BCUT2D eigenvalue weighted by molar-refractivity contribution is 7.89. The van der Waals surface area contributed by atoms with Gasteiger partial charge in [0.1, 0.15) is 0 Å². The van der Waals surface area contributed by atoms with E-state index in [1.165, 1.54) is 0 Å². The number of nitrogens with zero attached hydrogens (tertiary/aromatic N) is 1. The molecule has 18 heavy (non-hydrogen) atoms. The van der Waals surface area contributed by atoms with E-state index in [-0.39, 0.29) is 4.90 Å². The normalized spacial score (nSPS) is 11.2. The quantitative estimate of drug-likeness (QED) is 0.682. The van der Waals surface area contributed by atoms with Crippen LogP contribution < -0.4 is 4.83 Å². The van der Waals surface area contributed by atoms with E-state index >= 15 is 0 Å². The van der Waals surface area contributed by atoms with Gasteiger partial charge in [-0.1, -0.05) is 36.4 Å². The molecule has 5 heteroatoms. The van der Waals surface area contributed by atoms with Crippen LogP contribution in [0.4, 0.5) is 0 Å². The van der Waals surface area contributed by atoms with Gasteiger partial charge in [-0.2, -0.15) is 13.5 Å². The Morgan fingerprint density at radius 2 is 1.72 bits per heavy atom. The Morgan fingerprint density at radius 1 is 1.06 bits per heavy atom. The molecule has 0 fully saturated rings. The maximum atomic E-state index is 12.1. The molecule has 0 aliphatic heterocycles. The van der Waals surface area contributed by atoms with Gasteiger partial charge in [-0.3, -0.25) is 0 Å². The molecule has 2 aromatic rings. The summed E-state index contributed by atoms with van der Waals surface area (Å²) in [7, 11) is -3.62. The second-order valence-electron chi connectivity index (χ2n) is 4.13. The number of sulfonamides is 1. The van der Waals surface area contributed by atoms with Crippen molar-refractivity contribution in [1.29, 1.82) is 0 Å². The minimum atomic E-state index is -3.62. The number of hydrogen-bond acceptors (Lipinski definition) is 3. The van der Waals surface area contributed by atoms with E-state index in [2.05, 4.69) is 9.93 Å². The molecule has 1 N–H and O–H groups in total. The zero-order valence-electron chi connectivity index (χ0n) is 10.2. The smallest absolute Gasteiger partial charge is 0.200 e. The first kappa shape index (κ1) is 12.6. The first-order valence-electron chi connectivity index (χ1n) is 5.51. The van der Waals surface area contributed by atoms with Crippen molar-refractivity contribution < 1.29 is 8.42 Å². The van der Waals surface area contributed by atoms with E-state index < -0.39 is 10.0 Å². The highest BCUT2D eigenvalue weighted by Crippen LogP contribution is 2.22. The Morgan fingerprint density at radius 3 is 2.44 bits per heavy atom. The van der Waals surface area contributed by atoms with Gasteiger partial charge in [-0.25, -0.2) is 4.83 Å². The molecule has 0 aliphatic carbocycles. The molecule has 0 bridgehead atoms. The topological polar surface area (TPSA) is 58.5 Å². The van der Waals surface area contributed by atoms with Crippen molar-refractivity contribution in [3.63, 3.8) is 0 Å². The number of hydrogen-bond donors (Lipinski definition) is 1. The van der Waals surface area contributed by atoms with Gasteiger partial charge in [-0.15, -0.1) is 0 Å². The summed E-state index contributed by atoms with van der Waals surface area (Å²) in [4.78, 5) is 2.47. The maximum Gasteiger partial charge on any atom is 0.277 e. The van der Waals surface area contributed by atoms with Crippen LogP contribution in [0.15, 0.2) is 52.5 Å². The molecule has 0 aromatic heterocycles. The molecule has 0 unspecified atom stereocenters. The van der Waals surface area contributed by atoms with Crippen LogP contribution in [0.1, 0.15) is 13.8 Å². The SMILES string of the molecule is CC(C)=NNS(=O)(=O)c1cccc2ccccc12. The van der Waals surface area contributed by atoms with Crippen molar-refractivity contribution in [3.8, 4) is 0 Å². The van der Waals surface area contributed by atoms with Crippen LogP contribution in [0.25, 0.3) is 10.8 Å². The molecule has 0 heterocycles. The third-order valence-corrected chi connectivity index (χ3v) is 3.70. The van der Waals surface area contributed by atoms with Gasteiger partial charge in [0.25, 0.3) is 10.0 Å². The van der Waals surface area contributed by atoms with Gasteiger partial charge in [-0.05, 0) is 25.3 Å². The first-order valence-corrected chi connectivity index (χ1v) is 6.99. The standard InChI is InChI=1S/C13H14N2O2S/c1-10(2)14-15-18(16,17)13-9-5-7-11-6-3-4-8-12(11)13/h3-9,15H,1-2H3. The molecule has 0 atom stereocenters. The van der Waals surface area contributed by atoms with Crippen LogP contribution in [0.5, 0.6) is 0 Å². The van der Waals surface area contributed by atoms with Crippen LogP contribution >= 0.6 is 0 Å². The summed E-state index contributed by atoms with van der Waals surface area (Å²) in [6, 6.07) is 12.5. The van der Waals surface area contributed by atoms with Crippen LogP contribution in [-0.2, 0) is 10.0 Å².